The van der Waals surface area contributed by atoms with Crippen LogP contribution in [-0.2, 0) is 6.18 Å². The second-order valence-corrected chi connectivity index (χ2v) is 5.02. The summed E-state index contributed by atoms with van der Waals surface area (Å²) in [6, 6.07) is 3.48. The van der Waals surface area contributed by atoms with E-state index in [1.807, 2.05) is 18.2 Å². The Labute approximate surface area is 109 Å². The Hall–Kier alpha value is -1.04. The van der Waals surface area contributed by atoms with Crippen molar-refractivity contribution in [2.24, 2.45) is 0 Å². The summed E-state index contributed by atoms with van der Waals surface area (Å²) in [5.41, 5.74) is 5.78. The Morgan fingerprint density at radius 2 is 2.00 bits per heavy atom. The summed E-state index contributed by atoms with van der Waals surface area (Å²) >= 11 is 1.74. The van der Waals surface area contributed by atoms with Gasteiger partial charge in [0.25, 0.3) is 0 Å². The molecule has 2 nitrogen and oxygen atoms in total. The highest BCUT2D eigenvalue weighted by Crippen LogP contribution is 2.33. The first kappa shape index (κ1) is 15.0. The van der Waals surface area contributed by atoms with Gasteiger partial charge in [-0.05, 0) is 36.6 Å². The van der Waals surface area contributed by atoms with Gasteiger partial charge in [-0.3, -0.25) is 0 Å². The van der Waals surface area contributed by atoms with E-state index < -0.39 is 11.7 Å². The molecule has 0 aromatic heterocycles. The number of anilines is 2. The highest BCUT2D eigenvalue weighted by molar-refractivity contribution is 7.98. The highest BCUT2D eigenvalue weighted by Gasteiger charge is 2.30. The Kier molecular flexibility index (Phi) is 5.19. The zero-order valence-corrected chi connectivity index (χ0v) is 11.2. The standard InChI is InChI=1S/C12H17F3N2S/c1-17(6-3-7-18-2)11-5-4-9(8-10(11)16)12(13,14)15/h4-5,8H,3,6-7,16H2,1-2H3. The minimum absolute atomic E-state index is 0.163. The largest absolute Gasteiger partial charge is 0.416 e. The van der Waals surface area contributed by atoms with Crippen LogP contribution < -0.4 is 10.6 Å². The molecule has 0 saturated heterocycles. The third kappa shape index (κ3) is 4.01. The molecule has 0 aliphatic heterocycles. The topological polar surface area (TPSA) is 29.3 Å². The number of alkyl halides is 3. The molecule has 0 aliphatic rings. The van der Waals surface area contributed by atoms with Gasteiger partial charge in [-0.25, -0.2) is 0 Å². The van der Waals surface area contributed by atoms with Gasteiger partial charge in [0, 0.05) is 13.6 Å². The first-order valence-electron chi connectivity index (χ1n) is 5.53. The van der Waals surface area contributed by atoms with Crippen molar-refractivity contribution in [3.8, 4) is 0 Å². The van der Waals surface area contributed by atoms with Gasteiger partial charge in [-0.1, -0.05) is 0 Å². The molecule has 6 heteroatoms. The number of rotatable bonds is 5. The summed E-state index contributed by atoms with van der Waals surface area (Å²) in [5.74, 6) is 1.02. The van der Waals surface area contributed by atoms with Crippen LogP contribution in [0.5, 0.6) is 0 Å². The van der Waals surface area contributed by atoms with Crippen molar-refractivity contribution in [3.05, 3.63) is 23.8 Å². The van der Waals surface area contributed by atoms with E-state index in [4.69, 9.17) is 5.73 Å². The number of nitrogen functional groups attached to an aromatic ring is 1. The quantitative estimate of drug-likeness (QED) is 0.660. The van der Waals surface area contributed by atoms with Crippen LogP contribution >= 0.6 is 11.8 Å². The molecule has 0 radical (unpaired) electrons. The Morgan fingerprint density at radius 1 is 1.33 bits per heavy atom. The second-order valence-electron chi connectivity index (χ2n) is 4.04. The number of halogens is 3. The molecule has 0 fully saturated rings. The summed E-state index contributed by atoms with van der Waals surface area (Å²) in [4.78, 5) is 1.88. The molecule has 102 valence electrons. The lowest BCUT2D eigenvalue weighted by Gasteiger charge is -2.21. The maximum absolute atomic E-state index is 12.5. The number of nitrogens with two attached hydrogens (primary N) is 1. The molecule has 0 spiro atoms. The second kappa shape index (κ2) is 6.22. The van der Waals surface area contributed by atoms with E-state index in [1.165, 1.54) is 6.07 Å². The van der Waals surface area contributed by atoms with E-state index in [2.05, 4.69) is 0 Å². The van der Waals surface area contributed by atoms with Crippen molar-refractivity contribution in [1.29, 1.82) is 0 Å². The van der Waals surface area contributed by atoms with Crippen molar-refractivity contribution >= 4 is 23.1 Å². The lowest BCUT2D eigenvalue weighted by molar-refractivity contribution is -0.137. The van der Waals surface area contributed by atoms with Crippen LogP contribution in [0, 0.1) is 0 Å². The maximum Gasteiger partial charge on any atom is 0.416 e. The minimum Gasteiger partial charge on any atom is -0.397 e. The van der Waals surface area contributed by atoms with Crippen molar-refractivity contribution in [2.45, 2.75) is 12.6 Å². The van der Waals surface area contributed by atoms with E-state index >= 15 is 0 Å². The van der Waals surface area contributed by atoms with Gasteiger partial charge in [0.15, 0.2) is 0 Å². The van der Waals surface area contributed by atoms with Crippen LogP contribution in [0.3, 0.4) is 0 Å². The van der Waals surface area contributed by atoms with Crippen molar-refractivity contribution < 1.29 is 13.2 Å². The Bertz CT molecular complexity index is 393. The van der Waals surface area contributed by atoms with Crippen molar-refractivity contribution in [1.82, 2.24) is 0 Å². The molecule has 1 aromatic rings. The van der Waals surface area contributed by atoms with Gasteiger partial charge in [-0.15, -0.1) is 0 Å². The maximum atomic E-state index is 12.5. The summed E-state index contributed by atoms with van der Waals surface area (Å²) in [5, 5.41) is 0. The minimum atomic E-state index is -4.34. The molecule has 1 rings (SSSR count). The fourth-order valence-electron chi connectivity index (χ4n) is 1.64. The van der Waals surface area contributed by atoms with Crippen LogP contribution in [0.1, 0.15) is 12.0 Å². The van der Waals surface area contributed by atoms with Gasteiger partial charge in [0.05, 0.1) is 16.9 Å². The summed E-state index contributed by atoms with van der Waals surface area (Å²) in [6.07, 6.45) is -1.35. The van der Waals surface area contributed by atoms with Crippen LogP contribution in [0.15, 0.2) is 18.2 Å². The fourth-order valence-corrected chi connectivity index (χ4v) is 2.06. The number of hydrogen-bond donors (Lipinski definition) is 1. The number of benzene rings is 1. The Balaban J connectivity index is 2.79. The molecule has 2 N–H and O–H groups in total. The first-order chi connectivity index (χ1) is 8.36. The van der Waals surface area contributed by atoms with Gasteiger partial charge in [-0.2, -0.15) is 24.9 Å². The molecule has 0 unspecified atom stereocenters. The normalized spacial score (nSPS) is 11.6. The average molecular weight is 278 g/mol. The van der Waals surface area contributed by atoms with Gasteiger partial charge < -0.3 is 10.6 Å². The van der Waals surface area contributed by atoms with Gasteiger partial charge in [0.1, 0.15) is 0 Å². The lowest BCUT2D eigenvalue weighted by atomic mass is 10.1. The van der Waals surface area contributed by atoms with Gasteiger partial charge in [0.2, 0.25) is 0 Å². The summed E-state index contributed by atoms with van der Waals surface area (Å²) in [7, 11) is 1.83. The van der Waals surface area contributed by atoms with Crippen LogP contribution in [0.25, 0.3) is 0 Å². The van der Waals surface area contributed by atoms with Crippen LogP contribution in [-0.4, -0.2) is 25.6 Å². The number of nitrogens with zero attached hydrogens (tertiary/aromatic N) is 1. The molecule has 0 heterocycles. The third-order valence-corrected chi connectivity index (χ3v) is 3.31. The monoisotopic (exact) mass is 278 g/mol. The summed E-state index contributed by atoms with van der Waals surface area (Å²) < 4.78 is 37.4. The average Bonchev–Trinajstić information content (AvgIpc) is 2.27. The van der Waals surface area contributed by atoms with Crippen molar-refractivity contribution in [3.63, 3.8) is 0 Å². The van der Waals surface area contributed by atoms with E-state index in [9.17, 15) is 13.2 Å². The van der Waals surface area contributed by atoms with E-state index in [0.29, 0.717) is 5.69 Å². The third-order valence-electron chi connectivity index (χ3n) is 2.61. The number of hydrogen-bond acceptors (Lipinski definition) is 3. The molecular formula is C12H17F3N2S. The molecule has 0 saturated carbocycles. The predicted octanol–water partition coefficient (Wildman–Crippen LogP) is 3.48. The van der Waals surface area contributed by atoms with E-state index in [1.54, 1.807) is 11.8 Å². The lowest BCUT2D eigenvalue weighted by Crippen LogP contribution is -2.20. The highest BCUT2D eigenvalue weighted by atomic mass is 32.2. The van der Waals surface area contributed by atoms with Crippen LogP contribution in [0.4, 0.5) is 24.5 Å². The molecule has 18 heavy (non-hydrogen) atoms. The zero-order valence-electron chi connectivity index (χ0n) is 10.4. The SMILES string of the molecule is CSCCCN(C)c1ccc(C(F)(F)F)cc1N. The molecular weight excluding hydrogens is 261 g/mol. The van der Waals surface area contributed by atoms with Gasteiger partial charge >= 0.3 is 6.18 Å². The fraction of sp³-hybridized carbons (Fsp3) is 0.500. The smallest absolute Gasteiger partial charge is 0.397 e. The van der Waals surface area contributed by atoms with Crippen LogP contribution in [0.2, 0.25) is 0 Å². The molecule has 0 atom stereocenters. The number of thioether (sulfide) groups is 1. The predicted molar refractivity (Wildman–Crippen MR) is 72.1 cm³/mol. The van der Waals surface area contributed by atoms with Crippen molar-refractivity contribution in [2.75, 3.05) is 36.2 Å². The molecule has 1 aromatic carbocycles. The Morgan fingerprint density at radius 3 is 2.50 bits per heavy atom. The van der Waals surface area contributed by atoms with E-state index in [0.717, 1.165) is 30.9 Å². The molecule has 0 aliphatic carbocycles. The molecule has 0 bridgehead atoms. The molecule has 0 amide bonds. The first-order valence-corrected chi connectivity index (χ1v) is 6.92. The summed E-state index contributed by atoms with van der Waals surface area (Å²) in [6.45, 7) is 0.774. The van der Waals surface area contributed by atoms with E-state index in [-0.39, 0.29) is 5.69 Å². The zero-order chi connectivity index (χ0) is 13.8.